The molecule has 1 N–H and O–H groups in total. The van der Waals surface area contributed by atoms with Crippen LogP contribution in [0.15, 0.2) is 35.4 Å². The molecule has 4 rings (SSSR count). The highest BCUT2D eigenvalue weighted by atomic mass is 16.2. The Kier molecular flexibility index (Phi) is 5.19. The van der Waals surface area contributed by atoms with Crippen molar-refractivity contribution in [2.45, 2.75) is 19.9 Å². The average molecular weight is 410 g/mol. The van der Waals surface area contributed by atoms with Crippen molar-refractivity contribution in [1.82, 2.24) is 28.9 Å². The monoisotopic (exact) mass is 410 g/mol. The fraction of sp³-hybridized carbons (Fsp3) is 0.429. The Labute approximate surface area is 173 Å². The van der Waals surface area contributed by atoms with Crippen molar-refractivity contribution in [3.63, 3.8) is 0 Å². The summed E-state index contributed by atoms with van der Waals surface area (Å²) in [6.07, 6.45) is 4.27. The number of nitrogens with zero attached hydrogens (tertiary/aromatic N) is 5. The minimum Gasteiger partial charge on any atom is -0.354 e. The van der Waals surface area contributed by atoms with E-state index in [1.165, 1.54) is 4.57 Å². The van der Waals surface area contributed by atoms with E-state index in [2.05, 4.69) is 10.3 Å². The number of nitrogens with one attached hydrogen (secondary N) is 1. The van der Waals surface area contributed by atoms with Crippen molar-refractivity contribution in [3.8, 4) is 0 Å². The average Bonchev–Trinajstić information content (AvgIpc) is 3.44. The van der Waals surface area contributed by atoms with Crippen LogP contribution in [0.4, 0.5) is 0 Å². The molecular formula is C21H26N6O3. The van der Waals surface area contributed by atoms with Crippen LogP contribution < -0.4 is 11.0 Å². The van der Waals surface area contributed by atoms with Gasteiger partial charge in [-0.3, -0.25) is 18.7 Å². The van der Waals surface area contributed by atoms with Crippen LogP contribution in [0.1, 0.15) is 22.6 Å². The van der Waals surface area contributed by atoms with Crippen molar-refractivity contribution in [3.05, 3.63) is 52.5 Å². The van der Waals surface area contributed by atoms with E-state index in [1.54, 1.807) is 48.0 Å². The largest absolute Gasteiger partial charge is 0.354 e. The third kappa shape index (κ3) is 3.51. The highest BCUT2D eigenvalue weighted by Crippen LogP contribution is 2.21. The van der Waals surface area contributed by atoms with Gasteiger partial charge < -0.3 is 14.8 Å². The first-order valence-corrected chi connectivity index (χ1v) is 10.1. The standard InChI is InChI=1S/C21H26N6O3/c1-14-22-7-10-26(14)11-8-23-19(28)16-6-9-27(13-16)20(29)15-4-5-17-18(12-15)25(3)21(30)24(17)2/h4-5,7,10,12,16H,6,8-9,11,13H2,1-3H3,(H,23,28). The zero-order chi connectivity index (χ0) is 21.4. The number of amides is 2. The van der Waals surface area contributed by atoms with Crippen molar-refractivity contribution in [1.29, 1.82) is 0 Å². The normalized spacial score (nSPS) is 16.4. The molecule has 1 aliphatic heterocycles. The van der Waals surface area contributed by atoms with Crippen molar-refractivity contribution >= 4 is 22.8 Å². The van der Waals surface area contributed by atoms with E-state index in [0.717, 1.165) is 16.9 Å². The molecule has 0 aliphatic carbocycles. The third-order valence-corrected chi connectivity index (χ3v) is 5.94. The SMILES string of the molecule is Cc1nccn1CCNC(=O)C1CCN(C(=O)c2ccc3c(c2)n(C)c(=O)n3C)C1. The first-order chi connectivity index (χ1) is 14.4. The smallest absolute Gasteiger partial charge is 0.328 e. The van der Waals surface area contributed by atoms with E-state index in [9.17, 15) is 14.4 Å². The summed E-state index contributed by atoms with van der Waals surface area (Å²) in [5.74, 6) is 0.568. The molecule has 1 atom stereocenters. The van der Waals surface area contributed by atoms with E-state index in [0.29, 0.717) is 38.2 Å². The highest BCUT2D eigenvalue weighted by Gasteiger charge is 2.31. The third-order valence-electron chi connectivity index (χ3n) is 5.94. The van der Waals surface area contributed by atoms with Crippen LogP contribution in [0.2, 0.25) is 0 Å². The van der Waals surface area contributed by atoms with Crippen LogP contribution in [0.5, 0.6) is 0 Å². The highest BCUT2D eigenvalue weighted by molar-refractivity contribution is 5.98. The minimum absolute atomic E-state index is 0.0241. The lowest BCUT2D eigenvalue weighted by Gasteiger charge is -2.17. The molecule has 0 spiro atoms. The Morgan fingerprint density at radius 2 is 1.97 bits per heavy atom. The van der Waals surface area contributed by atoms with Crippen LogP contribution in [0.3, 0.4) is 0 Å². The lowest BCUT2D eigenvalue weighted by molar-refractivity contribution is -0.124. The molecule has 158 valence electrons. The van der Waals surface area contributed by atoms with Crippen molar-refractivity contribution in [2.75, 3.05) is 19.6 Å². The molecule has 3 heterocycles. The number of rotatable bonds is 5. The summed E-state index contributed by atoms with van der Waals surface area (Å²) in [6, 6.07) is 5.28. The van der Waals surface area contributed by atoms with E-state index in [4.69, 9.17) is 0 Å². The summed E-state index contributed by atoms with van der Waals surface area (Å²) in [5, 5.41) is 2.96. The Morgan fingerprint density at radius 1 is 1.20 bits per heavy atom. The molecule has 1 fully saturated rings. The summed E-state index contributed by atoms with van der Waals surface area (Å²) < 4.78 is 5.08. The molecule has 2 aromatic heterocycles. The van der Waals surface area contributed by atoms with Gasteiger partial charge in [0.1, 0.15) is 5.82 Å². The van der Waals surface area contributed by atoms with Gasteiger partial charge in [-0.2, -0.15) is 0 Å². The molecule has 2 amide bonds. The van der Waals surface area contributed by atoms with Gasteiger partial charge in [-0.25, -0.2) is 9.78 Å². The number of carbonyl (C=O) groups excluding carboxylic acids is 2. The van der Waals surface area contributed by atoms with Crippen molar-refractivity contribution < 1.29 is 9.59 Å². The van der Waals surface area contributed by atoms with E-state index >= 15 is 0 Å². The Morgan fingerprint density at radius 3 is 2.70 bits per heavy atom. The Balaban J connectivity index is 1.38. The van der Waals surface area contributed by atoms with Gasteiger partial charge in [0.25, 0.3) is 5.91 Å². The second-order valence-electron chi connectivity index (χ2n) is 7.80. The summed E-state index contributed by atoms with van der Waals surface area (Å²) in [5.41, 5.74) is 1.90. The van der Waals surface area contributed by atoms with Gasteiger partial charge in [0, 0.05) is 58.2 Å². The number of aryl methyl sites for hydroxylation is 3. The Bertz CT molecular complexity index is 1170. The van der Waals surface area contributed by atoms with Crippen LogP contribution in [-0.2, 0) is 25.4 Å². The van der Waals surface area contributed by atoms with Crippen molar-refractivity contribution in [2.24, 2.45) is 20.0 Å². The molecule has 3 aromatic rings. The number of carbonyl (C=O) groups is 2. The fourth-order valence-corrected chi connectivity index (χ4v) is 4.07. The van der Waals surface area contributed by atoms with Crippen LogP contribution in [-0.4, -0.2) is 55.0 Å². The second-order valence-corrected chi connectivity index (χ2v) is 7.80. The van der Waals surface area contributed by atoms with Gasteiger partial charge in [-0.05, 0) is 31.5 Å². The predicted molar refractivity (Wildman–Crippen MR) is 112 cm³/mol. The summed E-state index contributed by atoms with van der Waals surface area (Å²) in [4.78, 5) is 43.5. The molecule has 9 heteroatoms. The topological polar surface area (TPSA) is 94.2 Å². The number of benzene rings is 1. The first-order valence-electron chi connectivity index (χ1n) is 10.1. The zero-order valence-corrected chi connectivity index (χ0v) is 17.5. The molecule has 1 unspecified atom stereocenters. The molecule has 0 bridgehead atoms. The minimum atomic E-state index is -0.206. The lowest BCUT2D eigenvalue weighted by Crippen LogP contribution is -2.36. The molecule has 30 heavy (non-hydrogen) atoms. The predicted octanol–water partition coefficient (Wildman–Crippen LogP) is 0.660. The van der Waals surface area contributed by atoms with Gasteiger partial charge in [-0.1, -0.05) is 0 Å². The summed E-state index contributed by atoms with van der Waals surface area (Å²) in [6.45, 7) is 4.07. The van der Waals surface area contributed by atoms with Gasteiger partial charge >= 0.3 is 5.69 Å². The molecule has 1 saturated heterocycles. The fourth-order valence-electron chi connectivity index (χ4n) is 4.07. The number of fused-ring (bicyclic) bond motifs is 1. The Hall–Kier alpha value is -3.36. The first kappa shape index (κ1) is 19.9. The van der Waals surface area contributed by atoms with E-state index in [-0.39, 0.29) is 23.4 Å². The molecule has 0 radical (unpaired) electrons. The van der Waals surface area contributed by atoms with E-state index < -0.39 is 0 Å². The van der Waals surface area contributed by atoms with Crippen LogP contribution in [0, 0.1) is 12.8 Å². The van der Waals surface area contributed by atoms with Gasteiger partial charge in [0.15, 0.2) is 0 Å². The quantitative estimate of drug-likeness (QED) is 0.669. The summed E-state index contributed by atoms with van der Waals surface area (Å²) >= 11 is 0. The van der Waals surface area contributed by atoms with Gasteiger partial charge in [0.2, 0.25) is 5.91 Å². The summed E-state index contributed by atoms with van der Waals surface area (Å²) in [7, 11) is 3.41. The van der Waals surface area contributed by atoms with Gasteiger partial charge in [0.05, 0.1) is 17.0 Å². The zero-order valence-electron chi connectivity index (χ0n) is 17.5. The lowest BCUT2D eigenvalue weighted by atomic mass is 10.1. The molecular weight excluding hydrogens is 384 g/mol. The molecule has 1 aliphatic rings. The van der Waals surface area contributed by atoms with E-state index in [1.807, 2.05) is 17.7 Å². The number of aromatic nitrogens is 4. The maximum absolute atomic E-state index is 13.0. The molecule has 1 aromatic carbocycles. The number of hydrogen-bond acceptors (Lipinski definition) is 4. The maximum atomic E-state index is 13.0. The van der Waals surface area contributed by atoms with Crippen LogP contribution >= 0.6 is 0 Å². The number of imidazole rings is 2. The maximum Gasteiger partial charge on any atom is 0.328 e. The van der Waals surface area contributed by atoms with Gasteiger partial charge in [-0.15, -0.1) is 0 Å². The second kappa shape index (κ2) is 7.81. The number of likely N-dealkylation sites (tertiary alicyclic amines) is 1. The molecule has 9 nitrogen and oxygen atoms in total. The molecule has 0 saturated carbocycles. The van der Waals surface area contributed by atoms with Crippen LogP contribution in [0.25, 0.3) is 11.0 Å². The number of hydrogen-bond donors (Lipinski definition) is 1.